The lowest BCUT2D eigenvalue weighted by Gasteiger charge is -2.33. The van der Waals surface area contributed by atoms with Crippen LogP contribution in [0.1, 0.15) is 25.3 Å². The van der Waals surface area contributed by atoms with Crippen LogP contribution in [0.5, 0.6) is 5.75 Å². The summed E-state index contributed by atoms with van der Waals surface area (Å²) in [6.45, 7) is 5.84. The fourth-order valence-corrected chi connectivity index (χ4v) is 2.40. The Bertz CT molecular complexity index is 415. The number of methoxy groups -OCH3 is 1. The van der Waals surface area contributed by atoms with E-state index in [1.54, 1.807) is 7.11 Å². The Labute approximate surface area is 115 Å². The molecule has 0 unspecified atom stereocenters. The van der Waals surface area contributed by atoms with Gasteiger partial charge in [-0.2, -0.15) is 0 Å². The second-order valence-electron chi connectivity index (χ2n) is 5.59. The van der Waals surface area contributed by atoms with Crippen LogP contribution in [-0.2, 0) is 11.3 Å². The summed E-state index contributed by atoms with van der Waals surface area (Å²) in [7, 11) is 1.67. The van der Waals surface area contributed by atoms with Gasteiger partial charge in [-0.15, -0.1) is 0 Å². The van der Waals surface area contributed by atoms with Gasteiger partial charge in [0.05, 0.1) is 7.11 Å². The van der Waals surface area contributed by atoms with Crippen molar-refractivity contribution in [3.05, 3.63) is 23.8 Å². The van der Waals surface area contributed by atoms with Crippen molar-refractivity contribution >= 4 is 5.69 Å². The highest BCUT2D eigenvalue weighted by Gasteiger charge is 2.26. The first-order chi connectivity index (χ1) is 9.13. The van der Waals surface area contributed by atoms with Gasteiger partial charge in [0.25, 0.3) is 0 Å². The zero-order valence-corrected chi connectivity index (χ0v) is 11.9. The molecule has 1 saturated heterocycles. The largest absolute Gasteiger partial charge is 0.497 e. The molecule has 1 aromatic carbocycles. The zero-order chi connectivity index (χ0) is 13.7. The van der Waals surface area contributed by atoms with Crippen LogP contribution in [-0.4, -0.2) is 26.9 Å². The van der Waals surface area contributed by atoms with E-state index in [4.69, 9.17) is 15.2 Å². The SMILES string of the molecule is COc1ccc(N)c(CNCC2(C)CCOCC2)c1. The number of rotatable bonds is 5. The summed E-state index contributed by atoms with van der Waals surface area (Å²) in [5.41, 5.74) is 8.22. The highest BCUT2D eigenvalue weighted by atomic mass is 16.5. The molecule has 0 bridgehead atoms. The third kappa shape index (κ3) is 3.85. The Kier molecular flexibility index (Phi) is 4.66. The number of nitrogen functional groups attached to an aromatic ring is 1. The van der Waals surface area contributed by atoms with Gasteiger partial charge in [-0.1, -0.05) is 6.92 Å². The first kappa shape index (κ1) is 14.2. The summed E-state index contributed by atoms with van der Waals surface area (Å²) in [6.07, 6.45) is 2.24. The van der Waals surface area contributed by atoms with Gasteiger partial charge in [0.2, 0.25) is 0 Å². The van der Waals surface area contributed by atoms with Gasteiger partial charge in [-0.3, -0.25) is 0 Å². The maximum atomic E-state index is 5.98. The lowest BCUT2D eigenvalue weighted by molar-refractivity contribution is 0.0240. The van der Waals surface area contributed by atoms with Gasteiger partial charge < -0.3 is 20.5 Å². The van der Waals surface area contributed by atoms with E-state index < -0.39 is 0 Å². The summed E-state index contributed by atoms with van der Waals surface area (Å²) in [5, 5.41) is 3.51. The molecule has 106 valence electrons. The Balaban J connectivity index is 1.88. The summed E-state index contributed by atoms with van der Waals surface area (Å²) in [6, 6.07) is 5.78. The third-order valence-corrected chi connectivity index (χ3v) is 3.92. The molecule has 0 saturated carbocycles. The number of nitrogens with one attached hydrogen (secondary N) is 1. The molecule has 1 aliphatic rings. The van der Waals surface area contributed by atoms with E-state index in [-0.39, 0.29) is 0 Å². The molecular weight excluding hydrogens is 240 g/mol. The van der Waals surface area contributed by atoms with Crippen LogP contribution in [0.3, 0.4) is 0 Å². The quantitative estimate of drug-likeness (QED) is 0.800. The molecule has 1 fully saturated rings. The zero-order valence-electron chi connectivity index (χ0n) is 11.9. The van der Waals surface area contributed by atoms with Gasteiger partial charge in [0, 0.05) is 32.0 Å². The molecule has 0 aromatic heterocycles. The predicted molar refractivity (Wildman–Crippen MR) is 77.3 cm³/mol. The number of benzene rings is 1. The molecule has 1 heterocycles. The molecule has 1 aromatic rings. The molecule has 4 heteroatoms. The molecule has 0 radical (unpaired) electrons. The Morgan fingerprint density at radius 3 is 2.79 bits per heavy atom. The van der Waals surface area contributed by atoms with E-state index in [9.17, 15) is 0 Å². The normalized spacial score (nSPS) is 18.2. The second kappa shape index (κ2) is 6.26. The second-order valence-corrected chi connectivity index (χ2v) is 5.59. The molecule has 19 heavy (non-hydrogen) atoms. The van der Waals surface area contributed by atoms with E-state index in [2.05, 4.69) is 12.2 Å². The standard InChI is InChI=1S/C15H24N2O2/c1-15(5-7-19-8-6-15)11-17-10-12-9-13(18-2)3-4-14(12)16/h3-4,9,17H,5-8,10-11,16H2,1-2H3. The minimum atomic E-state index is 0.339. The van der Waals surface area contributed by atoms with Crippen LogP contribution in [0.2, 0.25) is 0 Å². The van der Waals surface area contributed by atoms with Gasteiger partial charge in [-0.25, -0.2) is 0 Å². The summed E-state index contributed by atoms with van der Waals surface area (Å²) in [4.78, 5) is 0. The van der Waals surface area contributed by atoms with Crippen molar-refractivity contribution in [1.82, 2.24) is 5.32 Å². The van der Waals surface area contributed by atoms with Crippen molar-refractivity contribution in [2.24, 2.45) is 5.41 Å². The van der Waals surface area contributed by atoms with Gasteiger partial charge in [-0.05, 0) is 42.0 Å². The monoisotopic (exact) mass is 264 g/mol. The topological polar surface area (TPSA) is 56.5 Å². The van der Waals surface area contributed by atoms with Gasteiger partial charge in [0.15, 0.2) is 0 Å². The molecular formula is C15H24N2O2. The first-order valence-corrected chi connectivity index (χ1v) is 6.84. The van der Waals surface area contributed by atoms with E-state index in [0.29, 0.717) is 5.41 Å². The molecule has 0 atom stereocenters. The molecule has 0 spiro atoms. The minimum Gasteiger partial charge on any atom is -0.497 e. The Morgan fingerprint density at radius 1 is 1.37 bits per heavy atom. The molecule has 3 N–H and O–H groups in total. The van der Waals surface area contributed by atoms with Gasteiger partial charge >= 0.3 is 0 Å². The molecule has 0 aliphatic carbocycles. The average Bonchev–Trinajstić information content (AvgIpc) is 2.41. The van der Waals surface area contributed by atoms with Crippen molar-refractivity contribution in [2.75, 3.05) is 32.6 Å². The Morgan fingerprint density at radius 2 is 2.11 bits per heavy atom. The number of hydrogen-bond donors (Lipinski definition) is 2. The lowest BCUT2D eigenvalue weighted by atomic mass is 9.82. The minimum absolute atomic E-state index is 0.339. The molecule has 2 rings (SSSR count). The van der Waals surface area contributed by atoms with Crippen molar-refractivity contribution in [3.63, 3.8) is 0 Å². The highest BCUT2D eigenvalue weighted by Crippen LogP contribution is 2.29. The summed E-state index contributed by atoms with van der Waals surface area (Å²) in [5.74, 6) is 0.850. The fourth-order valence-electron chi connectivity index (χ4n) is 2.40. The summed E-state index contributed by atoms with van der Waals surface area (Å²) < 4.78 is 10.6. The van der Waals surface area contributed by atoms with Crippen LogP contribution in [0.25, 0.3) is 0 Å². The number of ether oxygens (including phenoxy) is 2. The van der Waals surface area contributed by atoms with Crippen LogP contribution in [0.15, 0.2) is 18.2 Å². The van der Waals surface area contributed by atoms with E-state index in [1.807, 2.05) is 18.2 Å². The smallest absolute Gasteiger partial charge is 0.119 e. The lowest BCUT2D eigenvalue weighted by Crippen LogP contribution is -2.36. The van der Waals surface area contributed by atoms with E-state index in [0.717, 1.165) is 56.1 Å². The van der Waals surface area contributed by atoms with E-state index >= 15 is 0 Å². The van der Waals surface area contributed by atoms with Crippen molar-refractivity contribution in [3.8, 4) is 5.75 Å². The first-order valence-electron chi connectivity index (χ1n) is 6.84. The predicted octanol–water partition coefficient (Wildman–Crippen LogP) is 2.18. The maximum absolute atomic E-state index is 5.98. The van der Waals surface area contributed by atoms with E-state index in [1.165, 1.54) is 0 Å². The van der Waals surface area contributed by atoms with Crippen LogP contribution < -0.4 is 15.8 Å². The third-order valence-electron chi connectivity index (χ3n) is 3.92. The number of hydrogen-bond acceptors (Lipinski definition) is 4. The van der Waals surface area contributed by atoms with Crippen LogP contribution in [0, 0.1) is 5.41 Å². The molecule has 1 aliphatic heterocycles. The summed E-state index contributed by atoms with van der Waals surface area (Å²) >= 11 is 0. The van der Waals surface area contributed by atoms with Crippen molar-refractivity contribution < 1.29 is 9.47 Å². The highest BCUT2D eigenvalue weighted by molar-refractivity contribution is 5.50. The van der Waals surface area contributed by atoms with Gasteiger partial charge in [0.1, 0.15) is 5.75 Å². The maximum Gasteiger partial charge on any atom is 0.119 e. The molecule has 0 amide bonds. The van der Waals surface area contributed by atoms with Crippen LogP contribution in [0.4, 0.5) is 5.69 Å². The number of nitrogens with two attached hydrogens (primary N) is 1. The van der Waals surface area contributed by atoms with Crippen molar-refractivity contribution in [2.45, 2.75) is 26.3 Å². The average molecular weight is 264 g/mol. The fraction of sp³-hybridized carbons (Fsp3) is 0.600. The molecule has 4 nitrogen and oxygen atoms in total. The van der Waals surface area contributed by atoms with Crippen LogP contribution >= 0.6 is 0 Å². The van der Waals surface area contributed by atoms with Crippen molar-refractivity contribution in [1.29, 1.82) is 0 Å². The Hall–Kier alpha value is -1.26. The number of anilines is 1.